The number of benzene rings is 3. The van der Waals surface area contributed by atoms with Crippen LogP contribution in [0.3, 0.4) is 0 Å². The van der Waals surface area contributed by atoms with Gasteiger partial charge in [-0.3, -0.25) is 9.59 Å². The Labute approximate surface area is 217 Å². The molecular formula is C26H26IN3O5. The van der Waals surface area contributed by atoms with Crippen LogP contribution in [0.25, 0.3) is 0 Å². The Morgan fingerprint density at radius 3 is 2.43 bits per heavy atom. The average Bonchev–Trinajstić information content (AvgIpc) is 2.85. The number of nitrogens with one attached hydrogen (secondary N) is 2. The molecule has 3 rings (SSSR count). The van der Waals surface area contributed by atoms with Crippen LogP contribution in [0.1, 0.15) is 24.5 Å². The number of carbonyl (C=O) groups excluding carboxylic acids is 2. The van der Waals surface area contributed by atoms with Crippen molar-refractivity contribution in [2.45, 2.75) is 20.0 Å². The van der Waals surface area contributed by atoms with Gasteiger partial charge in [-0.2, -0.15) is 5.10 Å². The molecule has 2 amide bonds. The van der Waals surface area contributed by atoms with E-state index in [-0.39, 0.29) is 6.42 Å². The van der Waals surface area contributed by atoms with E-state index < -0.39 is 11.8 Å². The lowest BCUT2D eigenvalue weighted by molar-refractivity contribution is -0.126. The number of halogens is 1. The maximum absolute atomic E-state index is 12.1. The van der Waals surface area contributed by atoms with Gasteiger partial charge in [0.2, 0.25) is 11.8 Å². The smallest absolute Gasteiger partial charge is 0.249 e. The molecule has 0 aliphatic rings. The summed E-state index contributed by atoms with van der Waals surface area (Å²) in [5.41, 5.74) is 4.69. The highest BCUT2D eigenvalue weighted by Crippen LogP contribution is 2.34. The molecule has 0 radical (unpaired) electrons. The summed E-state index contributed by atoms with van der Waals surface area (Å²) < 4.78 is 17.6. The fourth-order valence-electron chi connectivity index (χ4n) is 3.05. The van der Waals surface area contributed by atoms with E-state index >= 15 is 0 Å². The number of hydrazone groups is 1. The van der Waals surface area contributed by atoms with Gasteiger partial charge >= 0.3 is 0 Å². The van der Waals surface area contributed by atoms with Gasteiger partial charge in [0.25, 0.3) is 0 Å². The van der Waals surface area contributed by atoms with Crippen molar-refractivity contribution in [2.75, 3.05) is 19.0 Å². The molecule has 9 heteroatoms. The van der Waals surface area contributed by atoms with E-state index in [0.717, 1.165) is 9.13 Å². The van der Waals surface area contributed by atoms with Crippen molar-refractivity contribution in [3.8, 4) is 17.2 Å². The van der Waals surface area contributed by atoms with Gasteiger partial charge in [-0.15, -0.1) is 0 Å². The minimum Gasteiger partial charge on any atom is -0.494 e. The third-order valence-electron chi connectivity index (χ3n) is 4.65. The maximum atomic E-state index is 12.1. The zero-order valence-corrected chi connectivity index (χ0v) is 21.6. The van der Waals surface area contributed by atoms with Crippen LogP contribution in [0.5, 0.6) is 17.2 Å². The summed E-state index contributed by atoms with van der Waals surface area (Å²) in [6.07, 6.45) is 1.12. The molecule has 0 atom stereocenters. The summed E-state index contributed by atoms with van der Waals surface area (Å²) in [7, 11) is 1.56. The lowest BCUT2D eigenvalue weighted by atomic mass is 10.2. The van der Waals surface area contributed by atoms with Gasteiger partial charge in [-0.05, 0) is 77.0 Å². The van der Waals surface area contributed by atoms with Crippen molar-refractivity contribution in [3.05, 3.63) is 81.4 Å². The number of nitrogens with zero attached hydrogens (tertiary/aromatic N) is 1. The Bertz CT molecular complexity index is 1170. The number of rotatable bonds is 11. The lowest BCUT2D eigenvalue weighted by Crippen LogP contribution is -2.24. The first-order chi connectivity index (χ1) is 17.0. The molecule has 3 aromatic carbocycles. The van der Waals surface area contributed by atoms with E-state index in [1.54, 1.807) is 37.4 Å². The largest absolute Gasteiger partial charge is 0.494 e. The van der Waals surface area contributed by atoms with Crippen LogP contribution in [0.2, 0.25) is 0 Å². The molecule has 0 aromatic heterocycles. The van der Waals surface area contributed by atoms with Crippen LogP contribution in [0.15, 0.2) is 71.8 Å². The number of amides is 2. The molecule has 182 valence electrons. The van der Waals surface area contributed by atoms with Crippen LogP contribution in [0.4, 0.5) is 5.69 Å². The Morgan fingerprint density at radius 2 is 1.74 bits per heavy atom. The molecule has 8 nitrogen and oxygen atoms in total. The van der Waals surface area contributed by atoms with Crippen molar-refractivity contribution < 1.29 is 23.8 Å². The Kier molecular flexibility index (Phi) is 9.91. The summed E-state index contributed by atoms with van der Waals surface area (Å²) in [6, 6.07) is 20.4. The van der Waals surface area contributed by atoms with Gasteiger partial charge in [0.15, 0.2) is 11.5 Å². The van der Waals surface area contributed by atoms with Crippen LogP contribution in [-0.2, 0) is 16.2 Å². The third-order valence-corrected chi connectivity index (χ3v) is 5.45. The first-order valence-electron chi connectivity index (χ1n) is 10.9. The van der Waals surface area contributed by atoms with Crippen LogP contribution in [-0.4, -0.2) is 31.7 Å². The number of anilines is 1. The van der Waals surface area contributed by atoms with Gasteiger partial charge < -0.3 is 19.5 Å². The predicted octanol–water partition coefficient (Wildman–Crippen LogP) is 4.76. The Hall–Kier alpha value is -3.60. The molecule has 0 aliphatic heterocycles. The lowest BCUT2D eigenvalue weighted by Gasteiger charge is -2.13. The average molecular weight is 587 g/mol. The van der Waals surface area contributed by atoms with E-state index in [0.29, 0.717) is 41.7 Å². The molecule has 0 unspecified atom stereocenters. The highest BCUT2D eigenvalue weighted by molar-refractivity contribution is 14.1. The van der Waals surface area contributed by atoms with E-state index in [2.05, 4.69) is 38.4 Å². The quantitative estimate of drug-likeness (QED) is 0.146. The SMILES string of the molecule is CCOc1ccc(NC(=O)CC(=O)NN=Cc2cc(I)c(OCc3ccccc3)c(OC)c2)cc1. The normalized spacial score (nSPS) is 10.6. The van der Waals surface area contributed by atoms with E-state index in [1.165, 1.54) is 6.21 Å². The van der Waals surface area contributed by atoms with Crippen LogP contribution < -0.4 is 25.0 Å². The second kappa shape index (κ2) is 13.3. The predicted molar refractivity (Wildman–Crippen MR) is 143 cm³/mol. The highest BCUT2D eigenvalue weighted by atomic mass is 127. The fourth-order valence-corrected chi connectivity index (χ4v) is 3.84. The Morgan fingerprint density at radius 1 is 1.00 bits per heavy atom. The molecule has 0 fully saturated rings. The summed E-state index contributed by atoms with van der Waals surface area (Å²) in [4.78, 5) is 24.2. The number of carbonyl (C=O) groups is 2. The van der Waals surface area contributed by atoms with Crippen LogP contribution in [0, 0.1) is 3.57 Å². The first-order valence-corrected chi connectivity index (χ1v) is 11.9. The zero-order valence-electron chi connectivity index (χ0n) is 19.4. The number of methoxy groups -OCH3 is 1. The van der Waals surface area contributed by atoms with Gasteiger partial charge in [-0.1, -0.05) is 30.3 Å². The van der Waals surface area contributed by atoms with Gasteiger partial charge in [-0.25, -0.2) is 5.43 Å². The van der Waals surface area contributed by atoms with Gasteiger partial charge in [0, 0.05) is 5.69 Å². The number of ether oxygens (including phenoxy) is 3. The molecule has 2 N–H and O–H groups in total. The summed E-state index contributed by atoms with van der Waals surface area (Å²) in [5, 5.41) is 6.62. The molecule has 0 aliphatic carbocycles. The standard InChI is InChI=1S/C26H26IN3O5/c1-3-34-21-11-9-20(10-12-21)29-24(31)15-25(32)30-28-16-19-13-22(27)26(23(14-19)33-2)35-17-18-7-5-4-6-8-18/h4-14,16H,3,15,17H2,1-2H3,(H,29,31)(H,30,32). The monoisotopic (exact) mass is 587 g/mol. The molecular weight excluding hydrogens is 561 g/mol. The molecule has 0 bridgehead atoms. The maximum Gasteiger partial charge on any atom is 0.249 e. The molecule has 0 spiro atoms. The topological polar surface area (TPSA) is 98.2 Å². The van der Waals surface area contributed by atoms with E-state index in [9.17, 15) is 9.59 Å². The Balaban J connectivity index is 1.52. The fraction of sp³-hybridized carbons (Fsp3) is 0.192. The minimum atomic E-state index is -0.533. The van der Waals surface area contributed by atoms with Crippen molar-refractivity contribution in [3.63, 3.8) is 0 Å². The van der Waals surface area contributed by atoms with Crippen molar-refractivity contribution >= 4 is 46.3 Å². The highest BCUT2D eigenvalue weighted by Gasteiger charge is 2.12. The minimum absolute atomic E-state index is 0.363. The molecule has 35 heavy (non-hydrogen) atoms. The summed E-state index contributed by atoms with van der Waals surface area (Å²) in [6.45, 7) is 2.87. The van der Waals surface area contributed by atoms with Crippen molar-refractivity contribution in [1.82, 2.24) is 5.43 Å². The summed E-state index contributed by atoms with van der Waals surface area (Å²) >= 11 is 2.16. The van der Waals surface area contributed by atoms with E-state index in [4.69, 9.17) is 14.2 Å². The van der Waals surface area contributed by atoms with Crippen LogP contribution >= 0.6 is 22.6 Å². The molecule has 3 aromatic rings. The summed E-state index contributed by atoms with van der Waals surface area (Å²) in [5.74, 6) is 0.909. The second-order valence-electron chi connectivity index (χ2n) is 7.28. The van der Waals surface area contributed by atoms with Crippen molar-refractivity contribution in [1.29, 1.82) is 0 Å². The molecule has 0 heterocycles. The van der Waals surface area contributed by atoms with E-state index in [1.807, 2.05) is 43.3 Å². The van der Waals surface area contributed by atoms with Gasteiger partial charge in [0.1, 0.15) is 18.8 Å². The third kappa shape index (κ3) is 8.29. The zero-order chi connectivity index (χ0) is 25.0. The second-order valence-corrected chi connectivity index (χ2v) is 8.45. The van der Waals surface area contributed by atoms with Gasteiger partial charge in [0.05, 0.1) is 23.5 Å². The molecule has 0 saturated carbocycles. The number of hydrogen-bond donors (Lipinski definition) is 2. The number of hydrogen-bond acceptors (Lipinski definition) is 6. The first kappa shape index (κ1) is 26.0. The molecule has 0 saturated heterocycles. The van der Waals surface area contributed by atoms with Crippen molar-refractivity contribution in [2.24, 2.45) is 5.10 Å².